The van der Waals surface area contributed by atoms with Crippen molar-refractivity contribution in [3.8, 4) is 0 Å². The van der Waals surface area contributed by atoms with Gasteiger partial charge in [0.1, 0.15) is 0 Å². The lowest BCUT2D eigenvalue weighted by Crippen LogP contribution is -2.50. The number of para-hydroxylation sites is 2. The van der Waals surface area contributed by atoms with E-state index in [-0.39, 0.29) is 0 Å². The maximum atomic E-state index is 12.6. The average molecular weight is 430 g/mol. The Morgan fingerprint density at radius 3 is 2.20 bits per heavy atom. The highest BCUT2D eigenvalue weighted by atomic mass is 32.1. The van der Waals surface area contributed by atoms with E-state index in [0.717, 1.165) is 76.5 Å². The monoisotopic (exact) mass is 429 g/mol. The van der Waals surface area contributed by atoms with Crippen molar-refractivity contribution in [2.45, 2.75) is 52.2 Å². The Labute approximate surface area is 185 Å². The molecule has 0 bridgehead atoms. The minimum absolute atomic E-state index is 0.310. The van der Waals surface area contributed by atoms with E-state index in [1.165, 1.54) is 23.9 Å². The molecule has 2 saturated heterocycles. The van der Waals surface area contributed by atoms with Gasteiger partial charge in [0.25, 0.3) is 0 Å². The molecule has 0 unspecified atom stereocenters. The predicted octanol–water partition coefficient (Wildman–Crippen LogP) is 3.56. The van der Waals surface area contributed by atoms with Gasteiger partial charge in [0.15, 0.2) is 4.77 Å². The predicted molar refractivity (Wildman–Crippen MR) is 124 cm³/mol. The Bertz CT molecular complexity index is 906. The fourth-order valence-corrected chi connectivity index (χ4v) is 5.01. The molecule has 0 radical (unpaired) electrons. The van der Waals surface area contributed by atoms with E-state index in [0.29, 0.717) is 12.5 Å². The summed E-state index contributed by atoms with van der Waals surface area (Å²) in [6, 6.07) is 8.56. The van der Waals surface area contributed by atoms with Gasteiger partial charge in [-0.15, -0.1) is 0 Å². The normalized spacial score (nSPS) is 18.9. The van der Waals surface area contributed by atoms with Gasteiger partial charge in [-0.1, -0.05) is 25.5 Å². The number of nitrogens with zero attached hydrogens (tertiary/aromatic N) is 5. The number of carbonyl (C=O) groups is 1. The van der Waals surface area contributed by atoms with Crippen LogP contribution in [-0.2, 0) is 18.0 Å². The van der Waals surface area contributed by atoms with Crippen molar-refractivity contribution in [2.75, 3.05) is 45.8 Å². The lowest BCUT2D eigenvalue weighted by Gasteiger charge is -2.36. The van der Waals surface area contributed by atoms with Crippen molar-refractivity contribution >= 4 is 29.2 Å². The third-order valence-corrected chi connectivity index (χ3v) is 6.98. The van der Waals surface area contributed by atoms with Crippen LogP contribution in [0.15, 0.2) is 24.3 Å². The molecule has 0 saturated carbocycles. The first-order chi connectivity index (χ1) is 14.7. The van der Waals surface area contributed by atoms with Gasteiger partial charge in [-0.3, -0.25) is 14.6 Å². The third-order valence-electron chi connectivity index (χ3n) is 6.53. The van der Waals surface area contributed by atoms with E-state index in [1.807, 2.05) is 0 Å². The Kier molecular flexibility index (Phi) is 7.23. The zero-order valence-electron chi connectivity index (χ0n) is 18.3. The van der Waals surface area contributed by atoms with E-state index in [9.17, 15) is 4.79 Å². The van der Waals surface area contributed by atoms with Gasteiger partial charge < -0.3 is 14.0 Å². The largest absolute Gasteiger partial charge is 0.342 e. The number of unbranched alkanes of at least 4 members (excludes halogenated alkanes) is 1. The average Bonchev–Trinajstić information content (AvgIpc) is 3.05. The lowest BCUT2D eigenvalue weighted by molar-refractivity contribution is -0.133. The number of aromatic nitrogens is 2. The topological polar surface area (TPSA) is 36.6 Å². The third kappa shape index (κ3) is 4.79. The summed E-state index contributed by atoms with van der Waals surface area (Å²) < 4.78 is 5.50. The number of carbonyl (C=O) groups excluding carboxylic acids is 1. The van der Waals surface area contributed by atoms with Crippen LogP contribution in [0.3, 0.4) is 0 Å². The first-order valence-corrected chi connectivity index (χ1v) is 12.0. The molecule has 6 nitrogen and oxygen atoms in total. The van der Waals surface area contributed by atoms with Crippen LogP contribution in [0, 0.1) is 4.77 Å². The SMILES string of the molecule is CCCCn1c(=S)n(CN2CCN(CC(=O)N3CCCCC3)CC2)c2ccccc21. The van der Waals surface area contributed by atoms with Gasteiger partial charge in [-0.05, 0) is 50.0 Å². The maximum Gasteiger partial charge on any atom is 0.236 e. The van der Waals surface area contributed by atoms with Gasteiger partial charge in [-0.25, -0.2) is 0 Å². The molecule has 2 fully saturated rings. The highest BCUT2D eigenvalue weighted by molar-refractivity contribution is 7.71. The first-order valence-electron chi connectivity index (χ1n) is 11.6. The molecule has 1 amide bonds. The fraction of sp³-hybridized carbons (Fsp3) is 0.652. The molecule has 2 aromatic rings. The van der Waals surface area contributed by atoms with E-state index in [1.54, 1.807) is 0 Å². The number of rotatable bonds is 7. The minimum atomic E-state index is 0.310. The second-order valence-corrected chi connectivity index (χ2v) is 9.05. The van der Waals surface area contributed by atoms with Crippen LogP contribution in [-0.4, -0.2) is 75.6 Å². The van der Waals surface area contributed by atoms with Crippen LogP contribution in [0.2, 0.25) is 0 Å². The molecule has 0 aliphatic carbocycles. The summed E-state index contributed by atoms with van der Waals surface area (Å²) >= 11 is 5.87. The van der Waals surface area contributed by atoms with Crippen molar-refractivity contribution in [3.05, 3.63) is 29.0 Å². The Balaban J connectivity index is 1.37. The standard InChI is InChI=1S/C23H35N5OS/c1-2-3-13-27-20-9-5-6-10-21(20)28(23(27)30)19-25-16-14-24(15-17-25)18-22(29)26-11-7-4-8-12-26/h5-6,9-10H,2-4,7-8,11-19H2,1H3. The number of amides is 1. The van der Waals surface area contributed by atoms with Gasteiger partial charge >= 0.3 is 0 Å². The van der Waals surface area contributed by atoms with Crippen molar-refractivity contribution < 1.29 is 4.79 Å². The number of imidazole rings is 1. The Hall–Kier alpha value is -1.70. The maximum absolute atomic E-state index is 12.6. The Morgan fingerprint density at radius 1 is 0.900 bits per heavy atom. The number of hydrogen-bond donors (Lipinski definition) is 0. The molecule has 30 heavy (non-hydrogen) atoms. The van der Waals surface area contributed by atoms with Gasteiger partial charge in [0.2, 0.25) is 5.91 Å². The number of piperidine rings is 1. The fourth-order valence-electron chi connectivity index (χ4n) is 4.66. The first kappa shape index (κ1) is 21.5. The lowest BCUT2D eigenvalue weighted by atomic mass is 10.1. The summed E-state index contributed by atoms with van der Waals surface area (Å²) in [5.41, 5.74) is 2.46. The number of aryl methyl sites for hydroxylation is 1. The van der Waals surface area contributed by atoms with Crippen LogP contribution in [0.5, 0.6) is 0 Å². The summed E-state index contributed by atoms with van der Waals surface area (Å²) in [7, 11) is 0. The van der Waals surface area contributed by atoms with E-state index in [4.69, 9.17) is 12.2 Å². The van der Waals surface area contributed by atoms with Gasteiger partial charge in [0, 0.05) is 45.8 Å². The summed E-state index contributed by atoms with van der Waals surface area (Å²) in [6.07, 6.45) is 5.89. The molecular weight excluding hydrogens is 394 g/mol. The molecule has 2 aliphatic rings. The van der Waals surface area contributed by atoms with Crippen molar-refractivity contribution in [3.63, 3.8) is 0 Å². The summed E-state index contributed by atoms with van der Waals surface area (Å²) in [5, 5.41) is 0. The number of benzene rings is 1. The van der Waals surface area contributed by atoms with E-state index in [2.05, 4.69) is 55.0 Å². The number of fused-ring (bicyclic) bond motifs is 1. The summed E-state index contributed by atoms with van der Waals surface area (Å²) in [5.74, 6) is 0.310. The molecule has 0 atom stereocenters. The van der Waals surface area contributed by atoms with Crippen LogP contribution < -0.4 is 0 Å². The van der Waals surface area contributed by atoms with Gasteiger partial charge in [-0.2, -0.15) is 0 Å². The van der Waals surface area contributed by atoms with E-state index >= 15 is 0 Å². The van der Waals surface area contributed by atoms with E-state index < -0.39 is 0 Å². The molecule has 0 spiro atoms. The zero-order valence-corrected chi connectivity index (χ0v) is 19.1. The van der Waals surface area contributed by atoms with Crippen molar-refractivity contribution in [1.29, 1.82) is 0 Å². The molecule has 1 aromatic heterocycles. The molecular formula is C23H35N5OS. The number of piperazine rings is 1. The Morgan fingerprint density at radius 2 is 1.53 bits per heavy atom. The molecule has 3 heterocycles. The zero-order chi connectivity index (χ0) is 20.9. The molecule has 2 aliphatic heterocycles. The number of likely N-dealkylation sites (tertiary alicyclic amines) is 1. The molecule has 164 valence electrons. The quantitative estimate of drug-likeness (QED) is 0.631. The van der Waals surface area contributed by atoms with Crippen molar-refractivity contribution in [1.82, 2.24) is 23.8 Å². The minimum Gasteiger partial charge on any atom is -0.342 e. The summed E-state index contributed by atoms with van der Waals surface area (Å²) in [4.78, 5) is 19.4. The van der Waals surface area contributed by atoms with Crippen LogP contribution in [0.4, 0.5) is 0 Å². The molecule has 4 rings (SSSR count). The van der Waals surface area contributed by atoms with Crippen LogP contribution in [0.25, 0.3) is 11.0 Å². The number of hydrogen-bond acceptors (Lipinski definition) is 4. The van der Waals surface area contributed by atoms with Gasteiger partial charge in [0.05, 0.1) is 24.2 Å². The summed E-state index contributed by atoms with van der Waals surface area (Å²) in [6.45, 7) is 10.3. The second-order valence-electron chi connectivity index (χ2n) is 8.68. The van der Waals surface area contributed by atoms with Crippen LogP contribution in [0.1, 0.15) is 39.0 Å². The molecule has 7 heteroatoms. The van der Waals surface area contributed by atoms with Crippen molar-refractivity contribution in [2.24, 2.45) is 0 Å². The molecule has 1 aromatic carbocycles. The smallest absolute Gasteiger partial charge is 0.236 e. The highest BCUT2D eigenvalue weighted by Crippen LogP contribution is 2.20. The highest BCUT2D eigenvalue weighted by Gasteiger charge is 2.23. The van der Waals surface area contributed by atoms with Crippen LogP contribution >= 0.6 is 12.2 Å². The second kappa shape index (κ2) is 10.1. The molecule has 0 N–H and O–H groups in total.